The van der Waals surface area contributed by atoms with Gasteiger partial charge in [0.2, 0.25) is 0 Å². The fourth-order valence-electron chi connectivity index (χ4n) is 1.59. The van der Waals surface area contributed by atoms with Gasteiger partial charge in [0.1, 0.15) is 11.8 Å². The first-order valence-electron chi connectivity index (χ1n) is 5.35. The Morgan fingerprint density at radius 3 is 2.84 bits per heavy atom. The minimum absolute atomic E-state index is 0.230. The number of hydrogen-bond donors (Lipinski definition) is 1. The normalized spacial score (nSPS) is 10.5. The van der Waals surface area contributed by atoms with Crippen LogP contribution in [0.2, 0.25) is 0 Å². The number of carbonyl (C=O) groups is 1. The van der Waals surface area contributed by atoms with E-state index in [9.17, 15) is 9.59 Å². The first-order chi connectivity index (χ1) is 9.24. The second-order valence-corrected chi connectivity index (χ2v) is 3.74. The molecule has 2 aromatic heterocycles. The van der Waals surface area contributed by atoms with Gasteiger partial charge in [-0.3, -0.25) is 4.79 Å². The van der Waals surface area contributed by atoms with Gasteiger partial charge in [0.15, 0.2) is 5.52 Å². The third-order valence-electron chi connectivity index (χ3n) is 2.50. The van der Waals surface area contributed by atoms with Gasteiger partial charge in [-0.15, -0.1) is 0 Å². The molecule has 0 aliphatic heterocycles. The lowest BCUT2D eigenvalue weighted by molar-refractivity contribution is 0.102. The molecule has 0 saturated heterocycles. The topological polar surface area (TPSA) is 98.2 Å². The van der Waals surface area contributed by atoms with E-state index in [4.69, 9.17) is 0 Å². The van der Waals surface area contributed by atoms with Crippen molar-refractivity contribution in [2.45, 2.75) is 0 Å². The molecule has 0 unspecified atom stereocenters. The van der Waals surface area contributed by atoms with Crippen LogP contribution in [0, 0.1) is 0 Å². The zero-order chi connectivity index (χ0) is 13.2. The van der Waals surface area contributed by atoms with Gasteiger partial charge in [0.05, 0.1) is 11.3 Å². The van der Waals surface area contributed by atoms with Crippen molar-refractivity contribution >= 4 is 22.6 Å². The van der Waals surface area contributed by atoms with Crippen LogP contribution in [0.4, 0.5) is 5.69 Å². The maximum absolute atomic E-state index is 11.9. The molecule has 0 atom stereocenters. The van der Waals surface area contributed by atoms with Crippen molar-refractivity contribution in [3.05, 3.63) is 52.6 Å². The van der Waals surface area contributed by atoms with E-state index >= 15 is 0 Å². The van der Waals surface area contributed by atoms with Crippen molar-refractivity contribution < 1.29 is 13.8 Å². The van der Waals surface area contributed by atoms with E-state index in [2.05, 4.69) is 24.7 Å². The van der Waals surface area contributed by atoms with Gasteiger partial charge < -0.3 is 9.73 Å². The van der Waals surface area contributed by atoms with Crippen LogP contribution in [-0.4, -0.2) is 16.2 Å². The average molecular weight is 257 g/mol. The summed E-state index contributed by atoms with van der Waals surface area (Å²) in [6.45, 7) is 0. The van der Waals surface area contributed by atoms with Gasteiger partial charge in [-0.25, -0.2) is 9.42 Å². The first kappa shape index (κ1) is 11.1. The highest BCUT2D eigenvalue weighted by atomic mass is 16.6. The van der Waals surface area contributed by atoms with E-state index in [0.717, 1.165) is 6.26 Å². The number of hydrogen-bond acceptors (Lipinski definition) is 6. The highest BCUT2D eigenvalue weighted by Crippen LogP contribution is 2.20. The molecule has 7 heteroatoms. The Balaban J connectivity index is 1.92. The largest absolute Gasteiger partial charge is 0.430 e. The molecule has 1 amide bonds. The summed E-state index contributed by atoms with van der Waals surface area (Å²) in [7, 11) is 0. The van der Waals surface area contributed by atoms with Crippen molar-refractivity contribution in [3.8, 4) is 0 Å². The highest BCUT2D eigenvalue weighted by Gasteiger charge is 2.11. The second-order valence-electron chi connectivity index (χ2n) is 3.74. The van der Waals surface area contributed by atoms with Crippen LogP contribution in [0.5, 0.6) is 0 Å². The Morgan fingerprint density at radius 1 is 1.16 bits per heavy atom. The Kier molecular flexibility index (Phi) is 2.57. The molecule has 2 heterocycles. The van der Waals surface area contributed by atoms with Crippen LogP contribution in [0.3, 0.4) is 0 Å². The van der Waals surface area contributed by atoms with Gasteiger partial charge >= 0.3 is 5.63 Å². The smallest absolute Gasteiger partial charge is 0.335 e. The molecule has 0 saturated carbocycles. The Bertz CT molecular complexity index is 785. The third-order valence-corrected chi connectivity index (χ3v) is 2.50. The molecule has 1 aromatic carbocycles. The summed E-state index contributed by atoms with van der Waals surface area (Å²) in [5, 5.41) is 10.0. The second kappa shape index (κ2) is 4.37. The van der Waals surface area contributed by atoms with E-state index in [1.54, 1.807) is 18.2 Å². The SMILES string of the molecule is O=C(Nc1cccc2nonc12)c1ccc(=O)oc1. The fourth-order valence-corrected chi connectivity index (χ4v) is 1.59. The summed E-state index contributed by atoms with van der Waals surface area (Å²) < 4.78 is 9.22. The molecule has 94 valence electrons. The van der Waals surface area contributed by atoms with Crippen LogP contribution in [0.1, 0.15) is 10.4 Å². The van der Waals surface area contributed by atoms with Crippen molar-refractivity contribution in [2.24, 2.45) is 0 Å². The molecule has 0 bridgehead atoms. The first-order valence-corrected chi connectivity index (χ1v) is 5.35. The van der Waals surface area contributed by atoms with Gasteiger partial charge in [-0.05, 0) is 28.5 Å². The molecule has 0 aliphatic carbocycles. The molecule has 0 radical (unpaired) electrons. The van der Waals surface area contributed by atoms with E-state index in [1.807, 2.05) is 0 Å². The number of fused-ring (bicyclic) bond motifs is 1. The number of nitrogens with zero attached hydrogens (tertiary/aromatic N) is 2. The fraction of sp³-hybridized carbons (Fsp3) is 0. The highest BCUT2D eigenvalue weighted by molar-refractivity contribution is 6.07. The quantitative estimate of drug-likeness (QED) is 0.745. The summed E-state index contributed by atoms with van der Waals surface area (Å²) in [5.41, 5.74) is 1.17. The van der Waals surface area contributed by atoms with Gasteiger partial charge in [-0.1, -0.05) is 6.07 Å². The standard InChI is InChI=1S/C12H7N3O4/c16-10-5-4-7(6-18-10)12(17)13-8-2-1-3-9-11(8)15-19-14-9/h1-6H,(H,13,17). The number of benzene rings is 1. The Hall–Kier alpha value is -2.96. The van der Waals surface area contributed by atoms with E-state index < -0.39 is 11.5 Å². The Morgan fingerprint density at radius 2 is 2.05 bits per heavy atom. The van der Waals surface area contributed by atoms with Crippen LogP contribution in [0.25, 0.3) is 11.0 Å². The summed E-state index contributed by atoms with van der Waals surface area (Å²) in [6.07, 6.45) is 1.10. The third kappa shape index (κ3) is 2.08. The lowest BCUT2D eigenvalue weighted by Crippen LogP contribution is -2.13. The van der Waals surface area contributed by atoms with Crippen molar-refractivity contribution in [2.75, 3.05) is 5.32 Å². The van der Waals surface area contributed by atoms with E-state index in [-0.39, 0.29) is 5.56 Å². The van der Waals surface area contributed by atoms with E-state index in [1.165, 1.54) is 12.1 Å². The lowest BCUT2D eigenvalue weighted by atomic mass is 10.2. The maximum atomic E-state index is 11.9. The predicted octanol–water partition coefficient (Wildman–Crippen LogP) is 1.43. The number of nitrogens with one attached hydrogen (secondary N) is 1. The molecule has 0 spiro atoms. The van der Waals surface area contributed by atoms with Crippen LogP contribution in [-0.2, 0) is 0 Å². The van der Waals surface area contributed by atoms with E-state index in [0.29, 0.717) is 16.7 Å². The Labute approximate surface area is 105 Å². The molecule has 3 rings (SSSR count). The van der Waals surface area contributed by atoms with Gasteiger partial charge in [0.25, 0.3) is 5.91 Å². The number of amides is 1. The molecule has 0 aliphatic rings. The maximum Gasteiger partial charge on any atom is 0.335 e. The van der Waals surface area contributed by atoms with Crippen LogP contribution >= 0.6 is 0 Å². The minimum Gasteiger partial charge on any atom is -0.430 e. The molecule has 3 aromatic rings. The van der Waals surface area contributed by atoms with Crippen molar-refractivity contribution in [1.29, 1.82) is 0 Å². The molecule has 0 fully saturated rings. The summed E-state index contributed by atoms with van der Waals surface area (Å²) >= 11 is 0. The summed E-state index contributed by atoms with van der Waals surface area (Å²) in [4.78, 5) is 22.8. The molecular weight excluding hydrogens is 250 g/mol. The lowest BCUT2D eigenvalue weighted by Gasteiger charge is -2.03. The molecule has 19 heavy (non-hydrogen) atoms. The number of rotatable bonds is 2. The van der Waals surface area contributed by atoms with Gasteiger partial charge in [-0.2, -0.15) is 0 Å². The van der Waals surface area contributed by atoms with Crippen LogP contribution in [0.15, 0.2) is 50.4 Å². The summed E-state index contributed by atoms with van der Waals surface area (Å²) in [6, 6.07) is 7.65. The van der Waals surface area contributed by atoms with Crippen molar-refractivity contribution in [3.63, 3.8) is 0 Å². The zero-order valence-corrected chi connectivity index (χ0v) is 9.49. The number of aromatic nitrogens is 2. The van der Waals surface area contributed by atoms with Gasteiger partial charge in [0, 0.05) is 6.07 Å². The predicted molar refractivity (Wildman–Crippen MR) is 64.7 cm³/mol. The van der Waals surface area contributed by atoms with Crippen LogP contribution < -0.4 is 10.9 Å². The monoisotopic (exact) mass is 257 g/mol. The molecular formula is C12H7N3O4. The summed E-state index contributed by atoms with van der Waals surface area (Å²) in [5.74, 6) is -0.417. The molecule has 1 N–H and O–H groups in total. The zero-order valence-electron chi connectivity index (χ0n) is 9.49. The minimum atomic E-state index is -0.514. The molecule has 7 nitrogen and oxygen atoms in total. The van der Waals surface area contributed by atoms with Crippen molar-refractivity contribution in [1.82, 2.24) is 10.3 Å². The average Bonchev–Trinajstić information content (AvgIpc) is 2.89. The number of anilines is 1. The number of carbonyl (C=O) groups excluding carboxylic acids is 1.